The van der Waals surface area contributed by atoms with Gasteiger partial charge in [-0.05, 0) is 29.8 Å². The van der Waals surface area contributed by atoms with Crippen LogP contribution in [0.5, 0.6) is 5.75 Å². The molecule has 2 rings (SSSR count). The van der Waals surface area contributed by atoms with Crippen molar-refractivity contribution in [2.45, 2.75) is 11.1 Å². The topological polar surface area (TPSA) is 69.4 Å². The molecule has 0 unspecified atom stereocenters. The lowest BCUT2D eigenvalue weighted by Crippen LogP contribution is -2.12. The van der Waals surface area contributed by atoms with Gasteiger partial charge in [-0.15, -0.1) is 0 Å². The first-order valence-electron chi connectivity index (χ1n) is 6.01. The van der Waals surface area contributed by atoms with Crippen LogP contribution < -0.4 is 9.88 Å². The van der Waals surface area contributed by atoms with Crippen molar-refractivity contribution in [1.82, 2.24) is 0 Å². The molecule has 2 aromatic rings. The standard InChI is InChI=1S/C14H12F3NO3S/c1-21-13-8-11(22(18,19)20)6-7-12(13)9-2-4-10(5-3-9)14(15,16)17/h2-8H,1H3,(H2,18,19,20). The van der Waals surface area contributed by atoms with Gasteiger partial charge in [-0.2, -0.15) is 13.2 Å². The van der Waals surface area contributed by atoms with Crippen molar-refractivity contribution in [3.63, 3.8) is 0 Å². The van der Waals surface area contributed by atoms with Crippen LogP contribution >= 0.6 is 0 Å². The average molecular weight is 331 g/mol. The molecular formula is C14H12F3NO3S. The van der Waals surface area contributed by atoms with E-state index in [0.717, 1.165) is 12.1 Å². The van der Waals surface area contributed by atoms with E-state index in [2.05, 4.69) is 0 Å². The van der Waals surface area contributed by atoms with Crippen molar-refractivity contribution in [2.24, 2.45) is 5.14 Å². The summed E-state index contributed by atoms with van der Waals surface area (Å²) in [6.45, 7) is 0. The highest BCUT2D eigenvalue weighted by Crippen LogP contribution is 2.34. The SMILES string of the molecule is COc1cc(S(N)(=O)=O)ccc1-c1ccc(C(F)(F)F)cc1. The van der Waals surface area contributed by atoms with Crippen LogP contribution in [-0.4, -0.2) is 15.5 Å². The summed E-state index contributed by atoms with van der Waals surface area (Å²) < 4.78 is 65.3. The number of rotatable bonds is 3. The van der Waals surface area contributed by atoms with Crippen LogP contribution in [0.2, 0.25) is 0 Å². The van der Waals surface area contributed by atoms with Crippen molar-refractivity contribution in [3.05, 3.63) is 48.0 Å². The number of primary sulfonamides is 1. The van der Waals surface area contributed by atoms with Gasteiger partial charge in [0.15, 0.2) is 0 Å². The van der Waals surface area contributed by atoms with E-state index in [1.807, 2.05) is 0 Å². The normalized spacial score (nSPS) is 12.2. The van der Waals surface area contributed by atoms with E-state index in [1.165, 1.54) is 37.4 Å². The molecular weight excluding hydrogens is 319 g/mol. The van der Waals surface area contributed by atoms with Crippen LogP contribution in [0.15, 0.2) is 47.4 Å². The van der Waals surface area contributed by atoms with Gasteiger partial charge in [0.25, 0.3) is 0 Å². The maximum Gasteiger partial charge on any atom is 0.416 e. The maximum atomic E-state index is 12.5. The first-order chi connectivity index (χ1) is 10.1. The van der Waals surface area contributed by atoms with E-state index < -0.39 is 21.8 Å². The first kappa shape index (κ1) is 16.3. The lowest BCUT2D eigenvalue weighted by atomic mass is 10.0. The largest absolute Gasteiger partial charge is 0.496 e. The summed E-state index contributed by atoms with van der Waals surface area (Å²) in [6.07, 6.45) is -4.42. The molecule has 0 aliphatic carbocycles. The summed E-state index contributed by atoms with van der Waals surface area (Å²) in [6, 6.07) is 8.40. The minimum atomic E-state index is -4.42. The molecule has 0 aliphatic rings. The zero-order valence-electron chi connectivity index (χ0n) is 11.4. The van der Waals surface area contributed by atoms with Gasteiger partial charge >= 0.3 is 6.18 Å². The zero-order chi connectivity index (χ0) is 16.5. The van der Waals surface area contributed by atoms with Gasteiger partial charge in [-0.1, -0.05) is 12.1 Å². The van der Waals surface area contributed by atoms with Crippen molar-refractivity contribution in [2.75, 3.05) is 7.11 Å². The molecule has 0 radical (unpaired) electrons. The van der Waals surface area contributed by atoms with Crippen LogP contribution in [0.25, 0.3) is 11.1 Å². The van der Waals surface area contributed by atoms with E-state index in [4.69, 9.17) is 9.88 Å². The monoisotopic (exact) mass is 331 g/mol. The summed E-state index contributed by atoms with van der Waals surface area (Å²) in [5, 5.41) is 5.03. The summed E-state index contributed by atoms with van der Waals surface area (Å²) in [4.78, 5) is -0.139. The second-order valence-electron chi connectivity index (χ2n) is 4.48. The third kappa shape index (κ3) is 3.40. The van der Waals surface area contributed by atoms with Crippen molar-refractivity contribution in [1.29, 1.82) is 0 Å². The molecule has 0 heterocycles. The molecule has 0 aliphatic heterocycles. The van der Waals surface area contributed by atoms with Gasteiger partial charge in [0, 0.05) is 11.6 Å². The van der Waals surface area contributed by atoms with Crippen LogP contribution in [0.4, 0.5) is 13.2 Å². The van der Waals surface area contributed by atoms with Crippen molar-refractivity contribution in [3.8, 4) is 16.9 Å². The van der Waals surface area contributed by atoms with Crippen LogP contribution in [-0.2, 0) is 16.2 Å². The van der Waals surface area contributed by atoms with Gasteiger partial charge in [0.05, 0.1) is 17.6 Å². The first-order valence-corrected chi connectivity index (χ1v) is 7.56. The number of ether oxygens (including phenoxy) is 1. The molecule has 2 N–H and O–H groups in total. The number of hydrogen-bond acceptors (Lipinski definition) is 3. The minimum absolute atomic E-state index is 0.139. The lowest BCUT2D eigenvalue weighted by molar-refractivity contribution is -0.137. The molecule has 0 saturated heterocycles. The molecule has 0 saturated carbocycles. The van der Waals surface area contributed by atoms with E-state index in [9.17, 15) is 21.6 Å². The molecule has 0 bridgehead atoms. The fourth-order valence-corrected chi connectivity index (χ4v) is 2.45. The quantitative estimate of drug-likeness (QED) is 0.940. The zero-order valence-corrected chi connectivity index (χ0v) is 12.2. The number of methoxy groups -OCH3 is 1. The highest BCUT2D eigenvalue weighted by atomic mass is 32.2. The summed E-state index contributed by atoms with van der Waals surface area (Å²) in [7, 11) is -2.56. The summed E-state index contributed by atoms with van der Waals surface area (Å²) >= 11 is 0. The Kier molecular flexibility index (Phi) is 4.17. The predicted octanol–water partition coefficient (Wildman–Crippen LogP) is 3.03. The number of sulfonamides is 1. The van der Waals surface area contributed by atoms with Gasteiger partial charge in [-0.3, -0.25) is 0 Å². The van der Waals surface area contributed by atoms with Crippen molar-refractivity contribution >= 4 is 10.0 Å². The Balaban J connectivity index is 2.49. The smallest absolute Gasteiger partial charge is 0.416 e. The second-order valence-corrected chi connectivity index (χ2v) is 6.04. The summed E-state index contributed by atoms with van der Waals surface area (Å²) in [5.41, 5.74) is 0.158. The highest BCUT2D eigenvalue weighted by molar-refractivity contribution is 7.89. The van der Waals surface area contributed by atoms with Crippen LogP contribution in [0.3, 0.4) is 0 Å². The Morgan fingerprint density at radius 1 is 1.05 bits per heavy atom. The molecule has 22 heavy (non-hydrogen) atoms. The van der Waals surface area contributed by atoms with E-state index >= 15 is 0 Å². The van der Waals surface area contributed by atoms with E-state index in [1.54, 1.807) is 0 Å². The molecule has 0 spiro atoms. The number of halogens is 3. The highest BCUT2D eigenvalue weighted by Gasteiger charge is 2.30. The number of hydrogen-bond donors (Lipinski definition) is 1. The van der Waals surface area contributed by atoms with Crippen molar-refractivity contribution < 1.29 is 26.3 Å². The molecule has 2 aromatic carbocycles. The maximum absolute atomic E-state index is 12.5. The molecule has 0 amide bonds. The third-order valence-corrected chi connectivity index (χ3v) is 3.94. The van der Waals surface area contributed by atoms with Gasteiger partial charge in [0.2, 0.25) is 10.0 Å². The fraction of sp³-hybridized carbons (Fsp3) is 0.143. The molecule has 0 fully saturated rings. The minimum Gasteiger partial charge on any atom is -0.496 e. The third-order valence-electron chi connectivity index (χ3n) is 3.02. The van der Waals surface area contributed by atoms with E-state index in [-0.39, 0.29) is 10.6 Å². The number of benzene rings is 2. The Bertz CT molecular complexity index is 784. The second kappa shape index (κ2) is 5.62. The Hall–Kier alpha value is -2.06. The molecule has 0 atom stereocenters. The fourth-order valence-electron chi connectivity index (χ4n) is 1.93. The molecule has 118 valence electrons. The predicted molar refractivity (Wildman–Crippen MR) is 74.8 cm³/mol. The van der Waals surface area contributed by atoms with Crippen LogP contribution in [0, 0.1) is 0 Å². The van der Waals surface area contributed by atoms with Gasteiger partial charge in [-0.25, -0.2) is 13.6 Å². The lowest BCUT2D eigenvalue weighted by Gasteiger charge is -2.12. The molecule has 0 aromatic heterocycles. The Labute approximate surface area is 125 Å². The van der Waals surface area contributed by atoms with E-state index in [0.29, 0.717) is 11.1 Å². The number of nitrogens with two attached hydrogens (primary N) is 1. The number of alkyl halides is 3. The summed E-state index contributed by atoms with van der Waals surface area (Å²) in [5.74, 6) is 0.200. The molecule has 8 heteroatoms. The molecule has 4 nitrogen and oxygen atoms in total. The van der Waals surface area contributed by atoms with Gasteiger partial charge < -0.3 is 4.74 Å². The Morgan fingerprint density at radius 3 is 2.09 bits per heavy atom. The average Bonchev–Trinajstić information content (AvgIpc) is 2.45. The van der Waals surface area contributed by atoms with Crippen LogP contribution in [0.1, 0.15) is 5.56 Å². The Morgan fingerprint density at radius 2 is 1.64 bits per heavy atom. The van der Waals surface area contributed by atoms with Gasteiger partial charge in [0.1, 0.15) is 5.75 Å².